The number of anilines is 1. The molecule has 0 saturated carbocycles. The standard InChI is InChI=1S/C28H28F3N3O3S/c1-4-38-24-11-8-20(9-12-24)15-27(35)34-21-10-13-25(33-19(3)14-18(2)32)26(16-21)36-22-6-5-7-23(17-22)37-28(29,30)31/h5-13,16-17,32H,4,14-15H2,1-3H3,(H,34,35). The highest BCUT2D eigenvalue weighted by Gasteiger charge is 2.31. The Labute approximate surface area is 223 Å². The fourth-order valence-corrected chi connectivity index (χ4v) is 4.18. The van der Waals surface area contributed by atoms with Crippen molar-refractivity contribution in [3.63, 3.8) is 0 Å². The van der Waals surface area contributed by atoms with Gasteiger partial charge in [0.05, 0.1) is 6.42 Å². The average molecular weight is 544 g/mol. The van der Waals surface area contributed by atoms with Gasteiger partial charge in [0.15, 0.2) is 5.75 Å². The smallest absolute Gasteiger partial charge is 0.455 e. The summed E-state index contributed by atoms with van der Waals surface area (Å²) < 4.78 is 47.8. The number of benzene rings is 3. The average Bonchev–Trinajstić information content (AvgIpc) is 2.81. The van der Waals surface area contributed by atoms with Crippen molar-refractivity contribution in [2.75, 3.05) is 11.1 Å². The van der Waals surface area contributed by atoms with Gasteiger partial charge in [0.25, 0.3) is 0 Å². The van der Waals surface area contributed by atoms with E-state index >= 15 is 0 Å². The van der Waals surface area contributed by atoms with Crippen LogP contribution in [0.3, 0.4) is 0 Å². The van der Waals surface area contributed by atoms with E-state index in [0.29, 0.717) is 29.2 Å². The van der Waals surface area contributed by atoms with Crippen LogP contribution in [0.25, 0.3) is 0 Å². The second-order valence-electron chi connectivity index (χ2n) is 8.41. The van der Waals surface area contributed by atoms with E-state index in [0.717, 1.165) is 22.3 Å². The Balaban J connectivity index is 1.83. The van der Waals surface area contributed by atoms with Crippen molar-refractivity contribution in [2.45, 2.75) is 44.9 Å². The van der Waals surface area contributed by atoms with Crippen LogP contribution in [0.4, 0.5) is 24.5 Å². The fourth-order valence-electron chi connectivity index (χ4n) is 3.52. The summed E-state index contributed by atoms with van der Waals surface area (Å²) in [6.45, 7) is 5.50. The first kappa shape index (κ1) is 28.8. The lowest BCUT2D eigenvalue weighted by atomic mass is 10.1. The predicted molar refractivity (Wildman–Crippen MR) is 146 cm³/mol. The zero-order chi connectivity index (χ0) is 27.7. The number of ether oxygens (including phenoxy) is 2. The number of hydrogen-bond acceptors (Lipinski definition) is 6. The molecule has 0 aliphatic rings. The minimum Gasteiger partial charge on any atom is -0.455 e. The molecule has 0 spiro atoms. The molecule has 3 aromatic rings. The Kier molecular flexibility index (Phi) is 9.95. The number of carbonyl (C=O) groups excluding carboxylic acids is 1. The van der Waals surface area contributed by atoms with E-state index < -0.39 is 12.1 Å². The molecule has 0 bridgehead atoms. The summed E-state index contributed by atoms with van der Waals surface area (Å²) >= 11 is 1.72. The number of alkyl halides is 3. The summed E-state index contributed by atoms with van der Waals surface area (Å²) in [5.41, 5.74) is 2.77. The van der Waals surface area contributed by atoms with E-state index in [1.54, 1.807) is 43.8 Å². The number of carbonyl (C=O) groups is 1. The van der Waals surface area contributed by atoms with Crippen LogP contribution >= 0.6 is 11.8 Å². The largest absolute Gasteiger partial charge is 0.573 e. The molecule has 6 nitrogen and oxygen atoms in total. The maximum atomic E-state index is 12.7. The molecule has 3 rings (SSSR count). The molecule has 3 aromatic carbocycles. The molecule has 0 saturated heterocycles. The van der Waals surface area contributed by atoms with Crippen molar-refractivity contribution in [1.82, 2.24) is 0 Å². The third-order valence-electron chi connectivity index (χ3n) is 4.94. The number of rotatable bonds is 11. The van der Waals surface area contributed by atoms with Gasteiger partial charge >= 0.3 is 6.36 Å². The molecule has 0 aromatic heterocycles. The maximum Gasteiger partial charge on any atom is 0.573 e. The minimum atomic E-state index is -4.84. The fraction of sp³-hybridized carbons (Fsp3) is 0.250. The number of amides is 1. The first-order chi connectivity index (χ1) is 18.0. The molecule has 0 fully saturated rings. The van der Waals surface area contributed by atoms with E-state index in [2.05, 4.69) is 22.0 Å². The van der Waals surface area contributed by atoms with Gasteiger partial charge < -0.3 is 20.2 Å². The summed E-state index contributed by atoms with van der Waals surface area (Å²) in [4.78, 5) is 18.3. The van der Waals surface area contributed by atoms with Crippen LogP contribution in [0.1, 0.15) is 32.8 Å². The van der Waals surface area contributed by atoms with Gasteiger partial charge in [0, 0.05) is 40.6 Å². The molecule has 0 atom stereocenters. The predicted octanol–water partition coefficient (Wildman–Crippen LogP) is 8.19. The van der Waals surface area contributed by atoms with Crippen molar-refractivity contribution in [3.05, 3.63) is 72.3 Å². The van der Waals surface area contributed by atoms with Gasteiger partial charge in [-0.25, -0.2) is 0 Å². The van der Waals surface area contributed by atoms with Crippen molar-refractivity contribution >= 4 is 40.5 Å². The van der Waals surface area contributed by atoms with Crippen LogP contribution in [0.5, 0.6) is 17.2 Å². The first-order valence-electron chi connectivity index (χ1n) is 11.8. The molecule has 10 heteroatoms. The highest BCUT2D eigenvalue weighted by Crippen LogP contribution is 2.36. The quantitative estimate of drug-likeness (QED) is 0.189. The third-order valence-corrected chi connectivity index (χ3v) is 5.84. The van der Waals surface area contributed by atoms with E-state index in [1.165, 1.54) is 18.2 Å². The van der Waals surface area contributed by atoms with Gasteiger partial charge in [-0.15, -0.1) is 24.9 Å². The molecule has 0 heterocycles. The molecule has 0 aliphatic heterocycles. The Bertz CT molecular complexity index is 1310. The van der Waals surface area contributed by atoms with Crippen LogP contribution in [0, 0.1) is 5.41 Å². The lowest BCUT2D eigenvalue weighted by Gasteiger charge is -2.14. The van der Waals surface area contributed by atoms with Crippen LogP contribution in [0.2, 0.25) is 0 Å². The molecule has 1 amide bonds. The third kappa shape index (κ3) is 9.59. The molecule has 0 aliphatic carbocycles. The van der Waals surface area contributed by atoms with E-state index in [9.17, 15) is 18.0 Å². The number of thioether (sulfide) groups is 1. The SMILES string of the molecule is CCSc1ccc(CC(=O)Nc2ccc(N=C(C)CC(C)=N)c(Oc3cccc(OC(F)(F)F)c3)c2)cc1. The molecule has 200 valence electrons. The number of aliphatic imine (C=N–C) groups is 1. The van der Waals surface area contributed by atoms with Gasteiger partial charge in [-0.05, 0) is 61.6 Å². The summed E-state index contributed by atoms with van der Waals surface area (Å²) in [6.07, 6.45) is -4.32. The maximum absolute atomic E-state index is 12.7. The van der Waals surface area contributed by atoms with Crippen LogP contribution < -0.4 is 14.8 Å². The lowest BCUT2D eigenvalue weighted by molar-refractivity contribution is -0.274. The normalized spacial score (nSPS) is 11.7. The minimum absolute atomic E-state index is 0.0950. The van der Waals surface area contributed by atoms with Gasteiger partial charge in [-0.2, -0.15) is 0 Å². The summed E-state index contributed by atoms with van der Waals surface area (Å²) in [5, 5.41) is 10.5. The summed E-state index contributed by atoms with van der Waals surface area (Å²) in [7, 11) is 0. The Morgan fingerprint density at radius 2 is 1.74 bits per heavy atom. The molecule has 0 unspecified atom stereocenters. The Morgan fingerprint density at radius 1 is 1.03 bits per heavy atom. The van der Waals surface area contributed by atoms with Gasteiger partial charge in [-0.1, -0.05) is 25.1 Å². The van der Waals surface area contributed by atoms with Crippen LogP contribution in [-0.4, -0.2) is 29.4 Å². The molecular weight excluding hydrogens is 515 g/mol. The topological polar surface area (TPSA) is 83.8 Å². The monoisotopic (exact) mass is 543 g/mol. The summed E-state index contributed by atoms with van der Waals surface area (Å²) in [6, 6.07) is 17.8. The summed E-state index contributed by atoms with van der Waals surface area (Å²) in [5.74, 6) is 0.611. The molecule has 38 heavy (non-hydrogen) atoms. The van der Waals surface area contributed by atoms with E-state index in [1.807, 2.05) is 24.3 Å². The number of nitrogens with zero attached hydrogens (tertiary/aromatic N) is 1. The number of halogens is 3. The van der Waals surface area contributed by atoms with Gasteiger partial charge in [-0.3, -0.25) is 9.79 Å². The Hall–Kier alpha value is -3.79. The van der Waals surface area contributed by atoms with Crippen LogP contribution in [0.15, 0.2) is 76.6 Å². The highest BCUT2D eigenvalue weighted by molar-refractivity contribution is 7.99. The van der Waals surface area contributed by atoms with E-state index in [4.69, 9.17) is 10.1 Å². The van der Waals surface area contributed by atoms with Crippen molar-refractivity contribution in [3.8, 4) is 17.2 Å². The van der Waals surface area contributed by atoms with Gasteiger partial charge in [0.2, 0.25) is 5.91 Å². The zero-order valence-electron chi connectivity index (χ0n) is 21.2. The number of nitrogens with one attached hydrogen (secondary N) is 2. The van der Waals surface area contributed by atoms with Crippen LogP contribution in [-0.2, 0) is 11.2 Å². The van der Waals surface area contributed by atoms with Crippen molar-refractivity contribution < 1.29 is 27.4 Å². The molecular formula is C28H28F3N3O3S. The van der Waals surface area contributed by atoms with Gasteiger partial charge in [0.1, 0.15) is 17.2 Å². The van der Waals surface area contributed by atoms with Crippen molar-refractivity contribution in [1.29, 1.82) is 5.41 Å². The lowest BCUT2D eigenvalue weighted by Crippen LogP contribution is -2.17. The zero-order valence-corrected chi connectivity index (χ0v) is 22.0. The van der Waals surface area contributed by atoms with E-state index in [-0.39, 0.29) is 23.8 Å². The second-order valence-corrected chi connectivity index (χ2v) is 9.75. The van der Waals surface area contributed by atoms with Crippen molar-refractivity contribution in [2.24, 2.45) is 4.99 Å². The second kappa shape index (κ2) is 13.1. The Morgan fingerprint density at radius 3 is 2.39 bits per heavy atom. The highest BCUT2D eigenvalue weighted by atomic mass is 32.2. The molecule has 0 radical (unpaired) electrons. The number of hydrogen-bond donors (Lipinski definition) is 2. The molecule has 2 N–H and O–H groups in total. The first-order valence-corrected chi connectivity index (χ1v) is 12.8.